The van der Waals surface area contributed by atoms with Gasteiger partial charge in [0.25, 0.3) is 0 Å². The molecule has 1 aliphatic carbocycles. The molecule has 0 radical (unpaired) electrons. The fourth-order valence-electron chi connectivity index (χ4n) is 2.32. The predicted molar refractivity (Wildman–Crippen MR) is 68.6 cm³/mol. The van der Waals surface area contributed by atoms with Gasteiger partial charge in [-0.2, -0.15) is 0 Å². The van der Waals surface area contributed by atoms with Gasteiger partial charge in [0.05, 0.1) is 0 Å². The van der Waals surface area contributed by atoms with Crippen molar-refractivity contribution in [2.75, 3.05) is 6.54 Å². The molecule has 0 amide bonds. The molecule has 0 saturated heterocycles. The topological polar surface area (TPSA) is 12.4 Å². The Kier molecular flexibility index (Phi) is 6.38. The lowest BCUT2D eigenvalue weighted by Crippen LogP contribution is -2.19. The maximum atomic E-state index is 4.79. The van der Waals surface area contributed by atoms with Crippen LogP contribution < -0.4 is 0 Å². The molecule has 1 nitrogen and oxygen atoms in total. The normalized spacial score (nSPS) is 24.3. The van der Waals surface area contributed by atoms with Gasteiger partial charge in [-0.3, -0.25) is 4.99 Å². The highest BCUT2D eigenvalue weighted by atomic mass is 14.7. The molecule has 0 spiro atoms. The van der Waals surface area contributed by atoms with Gasteiger partial charge in [0.1, 0.15) is 0 Å². The molecule has 1 rings (SSSR count). The smallest absolute Gasteiger partial charge is 0.0388 e. The van der Waals surface area contributed by atoms with Crippen LogP contribution in [0.2, 0.25) is 0 Å². The quantitative estimate of drug-likeness (QED) is 0.452. The summed E-state index contributed by atoms with van der Waals surface area (Å²) < 4.78 is 0. The van der Waals surface area contributed by atoms with Crippen LogP contribution in [0.1, 0.15) is 58.3 Å². The molecule has 1 aliphatic rings. The van der Waals surface area contributed by atoms with Gasteiger partial charge < -0.3 is 0 Å². The number of hydrogen-bond acceptors (Lipinski definition) is 1. The third-order valence-electron chi connectivity index (χ3n) is 3.23. The van der Waals surface area contributed by atoms with Gasteiger partial charge in [-0.15, -0.1) is 6.58 Å². The second-order valence-corrected chi connectivity index (χ2v) is 4.55. The predicted octanol–water partition coefficient (Wildman–Crippen LogP) is 4.38. The Bertz CT molecular complexity index is 205. The average molecular weight is 207 g/mol. The van der Waals surface area contributed by atoms with Gasteiger partial charge in [0.15, 0.2) is 0 Å². The van der Waals surface area contributed by atoms with Crippen molar-refractivity contribution in [2.45, 2.75) is 58.3 Å². The summed E-state index contributed by atoms with van der Waals surface area (Å²) in [4.78, 5) is 4.79. The number of unbranched alkanes of at least 4 members (excludes halogenated alkanes) is 2. The monoisotopic (exact) mass is 207 g/mol. The maximum absolute atomic E-state index is 4.79. The zero-order chi connectivity index (χ0) is 10.9. The van der Waals surface area contributed by atoms with E-state index in [4.69, 9.17) is 4.99 Å². The van der Waals surface area contributed by atoms with Crippen molar-refractivity contribution in [3.8, 4) is 0 Å². The van der Waals surface area contributed by atoms with Crippen LogP contribution in [0.15, 0.2) is 17.6 Å². The van der Waals surface area contributed by atoms with E-state index in [2.05, 4.69) is 19.6 Å². The minimum atomic E-state index is 0.720. The molecule has 0 bridgehead atoms. The van der Waals surface area contributed by atoms with Gasteiger partial charge in [-0.1, -0.05) is 32.3 Å². The van der Waals surface area contributed by atoms with Crippen LogP contribution in [-0.4, -0.2) is 12.3 Å². The minimum absolute atomic E-state index is 0.720. The van der Waals surface area contributed by atoms with Crippen LogP contribution in [-0.2, 0) is 0 Å². The maximum Gasteiger partial charge on any atom is 0.0388 e. The molecule has 1 fully saturated rings. The van der Waals surface area contributed by atoms with Crippen molar-refractivity contribution < 1.29 is 0 Å². The highest BCUT2D eigenvalue weighted by Gasteiger charge is 2.18. The molecule has 86 valence electrons. The number of aliphatic imine (C=N–C) groups is 1. The Balaban J connectivity index is 2.36. The van der Waals surface area contributed by atoms with Crippen molar-refractivity contribution in [1.29, 1.82) is 0 Å². The largest absolute Gasteiger partial charge is 0.294 e. The molecule has 1 heteroatoms. The first-order chi connectivity index (χ1) is 7.38. The van der Waals surface area contributed by atoms with Crippen molar-refractivity contribution in [1.82, 2.24) is 0 Å². The van der Waals surface area contributed by atoms with Gasteiger partial charge >= 0.3 is 0 Å². The first-order valence-corrected chi connectivity index (χ1v) is 6.52. The summed E-state index contributed by atoms with van der Waals surface area (Å²) in [6, 6.07) is 0. The van der Waals surface area contributed by atoms with E-state index in [0.29, 0.717) is 0 Å². The zero-order valence-electron chi connectivity index (χ0n) is 10.2. The molecule has 0 aromatic carbocycles. The third kappa shape index (κ3) is 4.63. The highest BCUT2D eigenvalue weighted by molar-refractivity contribution is 5.87. The lowest BCUT2D eigenvalue weighted by Gasteiger charge is -2.23. The molecular weight excluding hydrogens is 182 g/mol. The lowest BCUT2D eigenvalue weighted by atomic mass is 9.85. The van der Waals surface area contributed by atoms with E-state index in [1.54, 1.807) is 0 Å². The van der Waals surface area contributed by atoms with E-state index in [1.807, 2.05) is 0 Å². The van der Waals surface area contributed by atoms with Crippen LogP contribution in [0, 0.1) is 5.92 Å². The van der Waals surface area contributed by atoms with Crippen molar-refractivity contribution in [3.63, 3.8) is 0 Å². The first-order valence-electron chi connectivity index (χ1n) is 6.52. The summed E-state index contributed by atoms with van der Waals surface area (Å²) >= 11 is 0. The van der Waals surface area contributed by atoms with Gasteiger partial charge in [0.2, 0.25) is 0 Å². The van der Waals surface area contributed by atoms with Crippen LogP contribution in [0.25, 0.3) is 0 Å². The number of hydrogen-bond donors (Lipinski definition) is 0. The van der Waals surface area contributed by atoms with Crippen LogP contribution in [0.3, 0.4) is 0 Å². The third-order valence-corrected chi connectivity index (χ3v) is 3.23. The fraction of sp³-hybridized carbons (Fsp3) is 0.786. The molecule has 0 heterocycles. The Morgan fingerprint density at radius 1 is 1.40 bits per heavy atom. The van der Waals surface area contributed by atoms with Gasteiger partial charge in [0, 0.05) is 18.2 Å². The van der Waals surface area contributed by atoms with E-state index >= 15 is 0 Å². The van der Waals surface area contributed by atoms with Crippen molar-refractivity contribution in [3.05, 3.63) is 12.7 Å². The first kappa shape index (κ1) is 12.5. The number of allylic oxidation sites excluding steroid dienone is 1. The van der Waals surface area contributed by atoms with Crippen LogP contribution >= 0.6 is 0 Å². The summed E-state index contributed by atoms with van der Waals surface area (Å²) in [6.45, 7) is 7.14. The fourth-order valence-corrected chi connectivity index (χ4v) is 2.32. The van der Waals surface area contributed by atoms with Gasteiger partial charge in [-0.05, 0) is 32.1 Å². The van der Waals surface area contributed by atoms with Crippen LogP contribution in [0.5, 0.6) is 0 Å². The van der Waals surface area contributed by atoms with E-state index in [0.717, 1.165) is 18.9 Å². The Hall–Kier alpha value is -0.590. The molecule has 1 saturated carbocycles. The summed E-state index contributed by atoms with van der Waals surface area (Å²) in [6.07, 6.45) is 12.4. The van der Waals surface area contributed by atoms with Crippen molar-refractivity contribution >= 4 is 5.71 Å². The number of nitrogens with zero attached hydrogens (tertiary/aromatic N) is 1. The summed E-state index contributed by atoms with van der Waals surface area (Å²) in [7, 11) is 0. The summed E-state index contributed by atoms with van der Waals surface area (Å²) in [5.41, 5.74) is 1.48. The minimum Gasteiger partial charge on any atom is -0.294 e. The van der Waals surface area contributed by atoms with Gasteiger partial charge in [-0.25, -0.2) is 0 Å². The second-order valence-electron chi connectivity index (χ2n) is 4.55. The molecule has 15 heavy (non-hydrogen) atoms. The summed E-state index contributed by atoms with van der Waals surface area (Å²) in [5.74, 6) is 0.720. The molecule has 0 aromatic heterocycles. The van der Waals surface area contributed by atoms with E-state index in [1.165, 1.54) is 50.7 Å². The second kappa shape index (κ2) is 7.67. The molecule has 1 atom stereocenters. The standard InChI is InChI=1S/C14H25N/c1-3-5-8-12-15-14-11-7-6-10-13(14)9-4-2/h4,13H,2-3,5-12H2,1H3. The molecule has 1 unspecified atom stereocenters. The SMILES string of the molecule is C=CCC1CCCCC1=NCCCCC. The lowest BCUT2D eigenvalue weighted by molar-refractivity contribution is 0.527. The Morgan fingerprint density at radius 3 is 3.00 bits per heavy atom. The Labute approximate surface area is 94.7 Å². The average Bonchev–Trinajstić information content (AvgIpc) is 2.27. The number of rotatable bonds is 6. The highest BCUT2D eigenvalue weighted by Crippen LogP contribution is 2.24. The molecule has 0 aliphatic heterocycles. The molecule has 0 N–H and O–H groups in total. The molecular formula is C14H25N. The zero-order valence-corrected chi connectivity index (χ0v) is 10.2. The van der Waals surface area contributed by atoms with E-state index < -0.39 is 0 Å². The van der Waals surface area contributed by atoms with Crippen LogP contribution in [0.4, 0.5) is 0 Å². The van der Waals surface area contributed by atoms with E-state index in [9.17, 15) is 0 Å². The molecule has 0 aromatic rings. The summed E-state index contributed by atoms with van der Waals surface area (Å²) in [5, 5.41) is 0. The Morgan fingerprint density at radius 2 is 2.27 bits per heavy atom. The van der Waals surface area contributed by atoms with E-state index in [-0.39, 0.29) is 0 Å². The van der Waals surface area contributed by atoms with Crippen molar-refractivity contribution in [2.24, 2.45) is 10.9 Å².